The summed E-state index contributed by atoms with van der Waals surface area (Å²) >= 11 is 0. The van der Waals surface area contributed by atoms with Gasteiger partial charge in [0.1, 0.15) is 0 Å². The number of nitrogens with zero attached hydrogens (tertiary/aromatic N) is 4. The maximum Gasteiger partial charge on any atom is 0.416 e. The van der Waals surface area contributed by atoms with Gasteiger partial charge >= 0.3 is 6.18 Å². The summed E-state index contributed by atoms with van der Waals surface area (Å²) < 4.78 is 40.6. The maximum absolute atomic E-state index is 13.0. The van der Waals surface area contributed by atoms with Crippen LogP contribution in [0.25, 0.3) is 0 Å². The van der Waals surface area contributed by atoms with Gasteiger partial charge in [0.15, 0.2) is 5.96 Å². The van der Waals surface area contributed by atoms with Gasteiger partial charge in [-0.1, -0.05) is 12.1 Å². The fourth-order valence-corrected chi connectivity index (χ4v) is 3.64. The van der Waals surface area contributed by atoms with E-state index in [0.29, 0.717) is 38.4 Å². The minimum atomic E-state index is -4.34. The summed E-state index contributed by atoms with van der Waals surface area (Å²) in [5, 5.41) is 3.34. The summed E-state index contributed by atoms with van der Waals surface area (Å²) in [6.45, 7) is 4.01. The summed E-state index contributed by atoms with van der Waals surface area (Å²) in [5.74, 6) is 0.792. The summed E-state index contributed by atoms with van der Waals surface area (Å²) in [6.07, 6.45) is -0.779. The van der Waals surface area contributed by atoms with Crippen LogP contribution in [0.3, 0.4) is 0 Å². The van der Waals surface area contributed by atoms with Gasteiger partial charge in [-0.25, -0.2) is 0 Å². The third-order valence-corrected chi connectivity index (χ3v) is 5.34. The number of rotatable bonds is 6. The monoisotopic (exact) mass is 435 g/mol. The number of nitrogens with one attached hydrogen (secondary N) is 1. The zero-order chi connectivity index (χ0) is 22.3. The van der Waals surface area contributed by atoms with Crippen LogP contribution >= 0.6 is 0 Å². The average Bonchev–Trinajstić information content (AvgIpc) is 2.77. The first-order valence-corrected chi connectivity index (χ1v) is 10.4. The fourth-order valence-electron chi connectivity index (χ4n) is 3.64. The van der Waals surface area contributed by atoms with Gasteiger partial charge in [-0.2, -0.15) is 13.2 Å². The van der Waals surface area contributed by atoms with Gasteiger partial charge in [-0.15, -0.1) is 0 Å². The van der Waals surface area contributed by atoms with Crippen molar-refractivity contribution in [1.29, 1.82) is 0 Å². The predicted molar refractivity (Wildman–Crippen MR) is 117 cm³/mol. The Morgan fingerprint density at radius 2 is 1.84 bits per heavy atom. The first-order valence-electron chi connectivity index (χ1n) is 10.4. The molecule has 0 spiro atoms. The van der Waals surface area contributed by atoms with E-state index in [9.17, 15) is 18.0 Å². The Kier molecular flexibility index (Phi) is 7.59. The molecule has 0 amide bonds. The van der Waals surface area contributed by atoms with E-state index in [2.05, 4.69) is 15.2 Å². The smallest absolute Gasteiger partial charge is 0.368 e. The van der Waals surface area contributed by atoms with E-state index in [-0.39, 0.29) is 5.56 Å². The number of piperazine rings is 1. The molecule has 3 rings (SSSR count). The zero-order valence-electron chi connectivity index (χ0n) is 17.6. The summed E-state index contributed by atoms with van der Waals surface area (Å²) in [7, 11) is 1.73. The molecule has 1 aromatic heterocycles. The topological polar surface area (TPSA) is 52.9 Å². The van der Waals surface area contributed by atoms with Crippen molar-refractivity contribution in [3.63, 3.8) is 0 Å². The van der Waals surface area contributed by atoms with E-state index < -0.39 is 11.7 Å². The van der Waals surface area contributed by atoms with Crippen molar-refractivity contribution in [3.05, 3.63) is 64.6 Å². The van der Waals surface area contributed by atoms with Gasteiger partial charge in [0.25, 0.3) is 0 Å². The molecule has 168 valence electrons. The Bertz CT molecular complexity index is 933. The SMILES string of the molecule is CN=C(NCCCCn1ccccc1=O)N1CCN(c2cccc(C(F)(F)F)c2)CC1. The number of unbranched alkanes of at least 4 members (excludes halogenated alkanes) is 1. The number of pyridine rings is 1. The fraction of sp³-hybridized carbons (Fsp3) is 0.455. The second kappa shape index (κ2) is 10.4. The molecule has 0 radical (unpaired) electrons. The van der Waals surface area contributed by atoms with Crippen molar-refractivity contribution in [1.82, 2.24) is 14.8 Å². The van der Waals surface area contributed by atoms with Gasteiger partial charge in [-0.05, 0) is 37.1 Å². The lowest BCUT2D eigenvalue weighted by Gasteiger charge is -2.37. The Morgan fingerprint density at radius 3 is 2.52 bits per heavy atom. The van der Waals surface area contributed by atoms with Gasteiger partial charge in [0, 0.05) is 64.3 Å². The number of aliphatic imine (C=N–C) groups is 1. The number of aromatic nitrogens is 1. The normalized spacial score (nSPS) is 15.3. The minimum Gasteiger partial charge on any atom is -0.368 e. The van der Waals surface area contributed by atoms with E-state index in [1.54, 1.807) is 36.0 Å². The maximum atomic E-state index is 13.0. The molecule has 9 heteroatoms. The molecule has 31 heavy (non-hydrogen) atoms. The van der Waals surface area contributed by atoms with Crippen LogP contribution in [0, 0.1) is 0 Å². The first kappa shape index (κ1) is 22.7. The van der Waals surface area contributed by atoms with Crippen LogP contribution < -0.4 is 15.8 Å². The third kappa shape index (κ3) is 6.26. The molecule has 2 heterocycles. The van der Waals surface area contributed by atoms with Crippen LogP contribution in [0.1, 0.15) is 18.4 Å². The largest absolute Gasteiger partial charge is 0.416 e. The zero-order valence-corrected chi connectivity index (χ0v) is 17.6. The van der Waals surface area contributed by atoms with Crippen LogP contribution in [-0.4, -0.2) is 55.2 Å². The average molecular weight is 435 g/mol. The van der Waals surface area contributed by atoms with E-state index in [1.807, 2.05) is 11.0 Å². The molecule has 0 unspecified atom stereocenters. The van der Waals surface area contributed by atoms with Crippen molar-refractivity contribution < 1.29 is 13.2 Å². The highest BCUT2D eigenvalue weighted by Gasteiger charge is 2.31. The number of guanidine groups is 1. The number of hydrogen-bond donors (Lipinski definition) is 1. The molecular formula is C22H28F3N5O. The number of alkyl halides is 3. The van der Waals surface area contributed by atoms with Gasteiger partial charge in [0.05, 0.1) is 5.56 Å². The molecule has 1 saturated heterocycles. The highest BCUT2D eigenvalue weighted by molar-refractivity contribution is 5.80. The Hall–Kier alpha value is -2.97. The van der Waals surface area contributed by atoms with Crippen molar-refractivity contribution in [2.75, 3.05) is 44.7 Å². The Balaban J connectivity index is 1.44. The van der Waals surface area contributed by atoms with Crippen molar-refractivity contribution in [2.45, 2.75) is 25.6 Å². The highest BCUT2D eigenvalue weighted by Crippen LogP contribution is 2.31. The molecule has 0 saturated carbocycles. The molecule has 2 aromatic rings. The quantitative estimate of drug-likeness (QED) is 0.431. The molecular weight excluding hydrogens is 407 g/mol. The molecule has 1 aliphatic rings. The Labute approximate surface area is 180 Å². The first-order chi connectivity index (χ1) is 14.9. The Morgan fingerprint density at radius 1 is 1.06 bits per heavy atom. The lowest BCUT2D eigenvalue weighted by Crippen LogP contribution is -2.52. The van der Waals surface area contributed by atoms with Gasteiger partial charge in [-0.3, -0.25) is 9.79 Å². The molecule has 6 nitrogen and oxygen atoms in total. The van der Waals surface area contributed by atoms with Crippen LogP contribution in [0.2, 0.25) is 0 Å². The molecule has 1 aromatic carbocycles. The van der Waals surface area contributed by atoms with Gasteiger partial charge in [0.2, 0.25) is 5.56 Å². The van der Waals surface area contributed by atoms with Crippen molar-refractivity contribution in [2.24, 2.45) is 4.99 Å². The molecule has 1 aliphatic heterocycles. The minimum absolute atomic E-state index is 0.00455. The van der Waals surface area contributed by atoms with E-state index in [1.165, 1.54) is 12.1 Å². The lowest BCUT2D eigenvalue weighted by atomic mass is 10.1. The van der Waals surface area contributed by atoms with Crippen LogP contribution in [0.15, 0.2) is 58.4 Å². The standard InChI is InChI=1S/C22H28F3N5O/c1-26-21(27-10-3-5-12-29-11-4-2-9-20(29)31)30-15-13-28(14-16-30)19-8-6-7-18(17-19)22(23,24)25/h2,4,6-9,11,17H,3,5,10,12-16H2,1H3,(H,26,27). The number of benzene rings is 1. The highest BCUT2D eigenvalue weighted by atomic mass is 19.4. The van der Waals surface area contributed by atoms with Crippen molar-refractivity contribution >= 4 is 11.6 Å². The number of aryl methyl sites for hydroxylation is 1. The molecule has 0 atom stereocenters. The summed E-state index contributed by atoms with van der Waals surface area (Å²) in [5.41, 5.74) is -0.0267. The van der Waals surface area contributed by atoms with E-state index in [0.717, 1.165) is 31.4 Å². The number of halogens is 3. The third-order valence-electron chi connectivity index (χ3n) is 5.34. The lowest BCUT2D eigenvalue weighted by molar-refractivity contribution is -0.137. The van der Waals surface area contributed by atoms with Crippen LogP contribution in [0.5, 0.6) is 0 Å². The number of anilines is 1. The summed E-state index contributed by atoms with van der Waals surface area (Å²) in [6, 6.07) is 10.6. The molecule has 1 fully saturated rings. The van der Waals surface area contributed by atoms with E-state index in [4.69, 9.17) is 0 Å². The summed E-state index contributed by atoms with van der Waals surface area (Å²) in [4.78, 5) is 20.1. The van der Waals surface area contributed by atoms with Crippen molar-refractivity contribution in [3.8, 4) is 0 Å². The second-order valence-corrected chi connectivity index (χ2v) is 7.44. The molecule has 1 N–H and O–H groups in total. The predicted octanol–water partition coefficient (Wildman–Crippen LogP) is 3.04. The molecule has 0 bridgehead atoms. The van der Waals surface area contributed by atoms with Crippen LogP contribution in [0.4, 0.5) is 18.9 Å². The van der Waals surface area contributed by atoms with Gasteiger partial charge < -0.3 is 19.7 Å². The van der Waals surface area contributed by atoms with E-state index >= 15 is 0 Å². The van der Waals surface area contributed by atoms with Crippen LogP contribution in [-0.2, 0) is 12.7 Å². The second-order valence-electron chi connectivity index (χ2n) is 7.44. The number of hydrogen-bond acceptors (Lipinski definition) is 3. The molecule has 0 aliphatic carbocycles.